The molecule has 4 atom stereocenters. The quantitative estimate of drug-likeness (QED) is 0.115. The number of rotatable bonds is 9. The first-order valence-electron chi connectivity index (χ1n) is 15.6. The molecule has 0 radical (unpaired) electrons. The number of aliphatic hydroxyl groups excluding tert-OH is 1. The van der Waals surface area contributed by atoms with Gasteiger partial charge in [-0.1, -0.05) is 11.6 Å². The molecular weight excluding hydrogens is 640 g/mol. The zero-order valence-electron chi connectivity index (χ0n) is 29.0. The van der Waals surface area contributed by atoms with Gasteiger partial charge in [0.1, 0.15) is 23.2 Å². The lowest BCUT2D eigenvalue weighted by Crippen LogP contribution is -2.65. The summed E-state index contributed by atoms with van der Waals surface area (Å²) in [6.07, 6.45) is -3.77. The summed E-state index contributed by atoms with van der Waals surface area (Å²) in [5, 5.41) is 35.0. The number of anilines is 1. The van der Waals surface area contributed by atoms with E-state index in [9.17, 15) is 29.7 Å². The van der Waals surface area contributed by atoms with Crippen LogP contribution in [0.5, 0.6) is 17.2 Å². The monoisotopic (exact) mass is 684 g/mol. The number of hydrogen-bond acceptors (Lipinski definition) is 12. The Balaban J connectivity index is 1.59. The van der Waals surface area contributed by atoms with Crippen LogP contribution in [0, 0.1) is 6.92 Å². The summed E-state index contributed by atoms with van der Waals surface area (Å²) in [6.45, 7) is 13.9. The average Bonchev–Trinajstić information content (AvgIpc) is 3.01. The van der Waals surface area contributed by atoms with Gasteiger partial charge in [-0.15, -0.1) is 0 Å². The van der Waals surface area contributed by atoms with Gasteiger partial charge in [0.15, 0.2) is 23.6 Å². The third kappa shape index (κ3) is 8.51. The van der Waals surface area contributed by atoms with Gasteiger partial charge in [0.25, 0.3) is 5.91 Å². The molecule has 1 fully saturated rings. The van der Waals surface area contributed by atoms with E-state index in [0.717, 1.165) is 5.57 Å². The maximum absolute atomic E-state index is 13.1. The minimum Gasteiger partial charge on any atom is -0.508 e. The van der Waals surface area contributed by atoms with E-state index in [-0.39, 0.29) is 33.6 Å². The Morgan fingerprint density at radius 3 is 2.43 bits per heavy atom. The molecule has 2 heterocycles. The number of nitrogens with one attached hydrogen (secondary N) is 2. The molecule has 0 saturated carbocycles. The van der Waals surface area contributed by atoms with Crippen molar-refractivity contribution in [3.05, 3.63) is 69.1 Å². The van der Waals surface area contributed by atoms with Gasteiger partial charge in [-0.05, 0) is 97.7 Å². The summed E-state index contributed by atoms with van der Waals surface area (Å²) in [7, 11) is 1.39. The lowest BCUT2D eigenvalue weighted by atomic mass is 9.89. The molecule has 266 valence electrons. The van der Waals surface area contributed by atoms with Crippen molar-refractivity contribution in [1.82, 2.24) is 5.48 Å². The van der Waals surface area contributed by atoms with E-state index in [0.29, 0.717) is 12.0 Å². The summed E-state index contributed by atoms with van der Waals surface area (Å²) in [4.78, 5) is 44.0. The number of aromatic hydroxyl groups is 2. The second-order valence-corrected chi connectivity index (χ2v) is 13.5. The minimum atomic E-state index is -1.55. The van der Waals surface area contributed by atoms with E-state index in [1.54, 1.807) is 41.5 Å². The van der Waals surface area contributed by atoms with Crippen LogP contribution in [0.3, 0.4) is 0 Å². The normalized spacial score (nSPS) is 20.4. The van der Waals surface area contributed by atoms with Crippen molar-refractivity contribution in [3.63, 3.8) is 0 Å². The third-order valence-electron chi connectivity index (χ3n) is 7.76. The number of hydrogen-bond donors (Lipinski definition) is 5. The molecule has 1 saturated heterocycles. The Morgan fingerprint density at radius 1 is 1.10 bits per heavy atom. The number of fused-ring (bicyclic) bond motifs is 1. The predicted octanol–water partition coefficient (Wildman–Crippen LogP) is 4.99. The van der Waals surface area contributed by atoms with Crippen LogP contribution >= 0.6 is 0 Å². The third-order valence-corrected chi connectivity index (χ3v) is 7.76. The molecule has 4 rings (SSSR count). The van der Waals surface area contributed by atoms with Gasteiger partial charge >= 0.3 is 11.7 Å². The van der Waals surface area contributed by atoms with Gasteiger partial charge in [-0.2, -0.15) is 5.48 Å². The van der Waals surface area contributed by atoms with Gasteiger partial charge in [-0.3, -0.25) is 9.63 Å². The first-order valence-corrected chi connectivity index (χ1v) is 15.6. The van der Waals surface area contributed by atoms with Crippen molar-refractivity contribution < 1.29 is 53.1 Å². The number of benzene rings is 2. The molecule has 0 unspecified atom stereocenters. The van der Waals surface area contributed by atoms with Gasteiger partial charge in [0.2, 0.25) is 6.29 Å². The highest BCUT2D eigenvalue weighted by Crippen LogP contribution is 2.38. The van der Waals surface area contributed by atoms with Crippen LogP contribution in [-0.4, -0.2) is 70.2 Å². The lowest BCUT2D eigenvalue weighted by molar-refractivity contribution is -0.305. The van der Waals surface area contributed by atoms with Crippen LogP contribution in [0.1, 0.15) is 70.0 Å². The summed E-state index contributed by atoms with van der Waals surface area (Å²) in [6, 6.07) is 7.14. The van der Waals surface area contributed by atoms with Gasteiger partial charge in [0.05, 0.1) is 16.6 Å². The molecule has 2 aromatic carbocycles. The fourth-order valence-corrected chi connectivity index (χ4v) is 5.27. The van der Waals surface area contributed by atoms with E-state index >= 15 is 0 Å². The topological polar surface area (TPSA) is 195 Å². The van der Waals surface area contributed by atoms with Gasteiger partial charge < -0.3 is 44.0 Å². The molecule has 0 spiro atoms. The van der Waals surface area contributed by atoms with Crippen LogP contribution in [0.15, 0.2) is 51.2 Å². The van der Waals surface area contributed by atoms with Crippen LogP contribution in [0.4, 0.5) is 10.5 Å². The number of carbonyl (C=O) groups is 2. The number of phenolic OH excluding ortho intramolecular Hbond substituents is 1. The number of carbonyl (C=O) groups excluding carboxylic acids is 2. The number of aryl methyl sites for hydroxylation is 1. The Labute approximate surface area is 283 Å². The van der Waals surface area contributed by atoms with Crippen molar-refractivity contribution in [2.45, 2.75) is 97.6 Å². The molecule has 1 aromatic heterocycles. The Bertz CT molecular complexity index is 1800. The SMILES string of the molecule is CO[C@@H]1[C@@H](OC(=O)NOC(C)(C)C)[C@@H](O)[C@H](Oc2ccc3c(O)c(NC(=O)c4ccc(O)c(CC=C(C)C)c4)c(=O)oc3c2C)OC1(C)C. The highest BCUT2D eigenvalue weighted by atomic mass is 16.7. The van der Waals surface area contributed by atoms with Crippen LogP contribution < -0.4 is 21.2 Å². The lowest BCUT2D eigenvalue weighted by Gasteiger charge is -2.47. The summed E-state index contributed by atoms with van der Waals surface area (Å²) < 4.78 is 28.6. The summed E-state index contributed by atoms with van der Waals surface area (Å²) >= 11 is 0. The molecule has 2 amide bonds. The van der Waals surface area contributed by atoms with E-state index in [4.69, 9.17) is 28.2 Å². The fraction of sp³-hybridized carbons (Fsp3) is 0.457. The molecule has 1 aliphatic heterocycles. The molecule has 1 aliphatic rings. The zero-order valence-corrected chi connectivity index (χ0v) is 29.0. The van der Waals surface area contributed by atoms with Crippen molar-refractivity contribution in [3.8, 4) is 17.2 Å². The Morgan fingerprint density at radius 2 is 1.80 bits per heavy atom. The second-order valence-electron chi connectivity index (χ2n) is 13.5. The van der Waals surface area contributed by atoms with Crippen LogP contribution in [-0.2, 0) is 25.5 Å². The van der Waals surface area contributed by atoms with E-state index < -0.39 is 64.9 Å². The average molecular weight is 685 g/mol. The number of methoxy groups -OCH3 is 1. The molecule has 5 N–H and O–H groups in total. The van der Waals surface area contributed by atoms with Gasteiger partial charge in [0, 0.05) is 18.2 Å². The number of aliphatic hydroxyl groups is 1. The maximum atomic E-state index is 13.1. The van der Waals surface area contributed by atoms with Crippen molar-refractivity contribution in [1.29, 1.82) is 0 Å². The maximum Gasteiger partial charge on any atom is 0.431 e. The van der Waals surface area contributed by atoms with Gasteiger partial charge in [-0.25, -0.2) is 9.59 Å². The largest absolute Gasteiger partial charge is 0.508 e. The van der Waals surface area contributed by atoms with E-state index in [1.165, 1.54) is 37.4 Å². The molecule has 14 heteroatoms. The number of ether oxygens (including phenoxy) is 4. The smallest absolute Gasteiger partial charge is 0.431 e. The van der Waals surface area contributed by atoms with Crippen LogP contribution in [0.25, 0.3) is 11.0 Å². The molecule has 3 aromatic rings. The fourth-order valence-electron chi connectivity index (χ4n) is 5.27. The van der Waals surface area contributed by atoms with E-state index in [2.05, 4.69) is 10.8 Å². The summed E-state index contributed by atoms with van der Waals surface area (Å²) in [5.41, 5.74) is 0.777. The number of amides is 2. The molecule has 0 aliphatic carbocycles. The highest BCUT2D eigenvalue weighted by molar-refractivity contribution is 6.06. The molecule has 0 bridgehead atoms. The van der Waals surface area contributed by atoms with Crippen LogP contribution in [0.2, 0.25) is 0 Å². The van der Waals surface area contributed by atoms with E-state index in [1.807, 2.05) is 19.9 Å². The molecule has 14 nitrogen and oxygen atoms in total. The van der Waals surface area contributed by atoms with Crippen molar-refractivity contribution in [2.24, 2.45) is 0 Å². The van der Waals surface area contributed by atoms with Crippen molar-refractivity contribution >= 4 is 28.7 Å². The predicted molar refractivity (Wildman–Crippen MR) is 179 cm³/mol. The van der Waals surface area contributed by atoms with Crippen molar-refractivity contribution in [2.75, 3.05) is 12.4 Å². The number of allylic oxidation sites excluding steroid dienone is 2. The molecular formula is C35H44N2O12. The first-order chi connectivity index (χ1) is 22.8. The first kappa shape index (κ1) is 37.2. The standard InChI is InChI=1S/C35H44N2O12/c1-17(2)10-11-19-16-20(12-14-22(19)38)30(41)36-24-25(39)21-13-15-23(18(3)27(21)46-31(24)42)45-32-26(40)28(29(44-9)35(7,8)48-32)47-33(43)37-49-34(4,5)6/h10,12-16,26,28-29,32,38-40H,11H2,1-9H3,(H,36,41)(H,37,43)/t26-,28+,29-,32-/m1/s1. The zero-order chi connectivity index (χ0) is 36.4. The minimum absolute atomic E-state index is 0.0167. The second kappa shape index (κ2) is 14.5. The Kier molecular flexibility index (Phi) is 11.0. The number of phenols is 1. The highest BCUT2D eigenvalue weighted by Gasteiger charge is 2.53. The summed E-state index contributed by atoms with van der Waals surface area (Å²) in [5.74, 6) is -1.10. The Hall–Kier alpha value is -4.63. The number of hydroxylamine groups is 1. The molecule has 49 heavy (non-hydrogen) atoms.